The highest BCUT2D eigenvalue weighted by atomic mass is 16.4. The summed E-state index contributed by atoms with van der Waals surface area (Å²) in [5.41, 5.74) is 2.64. The zero-order valence-corrected chi connectivity index (χ0v) is 16.4. The second-order valence-corrected chi connectivity index (χ2v) is 9.79. The summed E-state index contributed by atoms with van der Waals surface area (Å²) in [7, 11) is 0. The molecule has 1 saturated heterocycles. The first-order chi connectivity index (χ1) is 13.5. The molecule has 28 heavy (non-hydrogen) atoms. The minimum atomic E-state index is -0.828. The van der Waals surface area contributed by atoms with Crippen LogP contribution in [0.25, 0.3) is 0 Å². The van der Waals surface area contributed by atoms with Gasteiger partial charge in [-0.25, -0.2) is 0 Å². The van der Waals surface area contributed by atoms with E-state index < -0.39 is 12.0 Å². The van der Waals surface area contributed by atoms with E-state index in [9.17, 15) is 14.7 Å². The molecular weight excluding hydrogens is 352 g/mol. The standard InChI is InChI=1S/C23H30N2O3/c26-21(14-25-7-1-2-20(25)22(27)28)24-19-5-3-18(4-6-19)23-11-15-8-16(12-23)10-17(9-15)13-23/h3-6,15-17,20H,1-2,7-14H2,(H,24,26)(H,27,28)/t15?,16?,17?,20-,23?/m0/s1. The molecule has 4 saturated carbocycles. The molecule has 1 aliphatic heterocycles. The van der Waals surface area contributed by atoms with Gasteiger partial charge >= 0.3 is 5.97 Å². The van der Waals surface area contributed by atoms with Crippen molar-refractivity contribution in [2.24, 2.45) is 17.8 Å². The lowest BCUT2D eigenvalue weighted by atomic mass is 9.48. The van der Waals surface area contributed by atoms with Gasteiger partial charge in [-0.15, -0.1) is 0 Å². The number of amides is 1. The number of carbonyl (C=O) groups excluding carboxylic acids is 1. The quantitative estimate of drug-likeness (QED) is 0.816. The zero-order chi connectivity index (χ0) is 19.3. The number of hydrogen-bond donors (Lipinski definition) is 2. The van der Waals surface area contributed by atoms with E-state index in [1.807, 2.05) is 12.1 Å². The van der Waals surface area contributed by atoms with Crippen LogP contribution in [0.3, 0.4) is 0 Å². The third-order valence-electron chi connectivity index (χ3n) is 7.81. The molecule has 0 aromatic heterocycles. The number of benzene rings is 1. The Hall–Kier alpha value is -1.88. The molecule has 5 nitrogen and oxygen atoms in total. The van der Waals surface area contributed by atoms with Gasteiger partial charge in [0.2, 0.25) is 5.91 Å². The highest BCUT2D eigenvalue weighted by Crippen LogP contribution is 2.60. The van der Waals surface area contributed by atoms with Gasteiger partial charge in [0.15, 0.2) is 0 Å². The highest BCUT2D eigenvalue weighted by Gasteiger charge is 2.51. The first kappa shape index (κ1) is 18.2. The molecule has 1 atom stereocenters. The molecule has 1 aromatic rings. The third-order valence-corrected chi connectivity index (χ3v) is 7.81. The Labute approximate surface area is 166 Å². The van der Waals surface area contributed by atoms with Crippen molar-refractivity contribution in [3.8, 4) is 0 Å². The summed E-state index contributed by atoms with van der Waals surface area (Å²) >= 11 is 0. The maximum atomic E-state index is 12.4. The normalized spacial score (nSPS) is 36.6. The molecule has 5 fully saturated rings. The topological polar surface area (TPSA) is 69.6 Å². The van der Waals surface area contributed by atoms with Crippen molar-refractivity contribution in [2.45, 2.75) is 62.8 Å². The van der Waals surface area contributed by atoms with Crippen molar-refractivity contribution in [1.82, 2.24) is 4.90 Å². The lowest BCUT2D eigenvalue weighted by molar-refractivity contribution is -0.142. The van der Waals surface area contributed by atoms with E-state index in [0.717, 1.165) is 29.9 Å². The fourth-order valence-corrected chi connectivity index (χ4v) is 7.05. The first-order valence-electron chi connectivity index (χ1n) is 10.9. The van der Waals surface area contributed by atoms with E-state index in [1.54, 1.807) is 4.90 Å². The summed E-state index contributed by atoms with van der Waals surface area (Å²) in [5, 5.41) is 12.2. The van der Waals surface area contributed by atoms with Crippen LogP contribution in [0, 0.1) is 17.8 Å². The molecule has 1 heterocycles. The maximum absolute atomic E-state index is 12.4. The van der Waals surface area contributed by atoms with E-state index >= 15 is 0 Å². The number of anilines is 1. The van der Waals surface area contributed by atoms with Crippen LogP contribution in [0.15, 0.2) is 24.3 Å². The first-order valence-corrected chi connectivity index (χ1v) is 10.9. The van der Waals surface area contributed by atoms with Gasteiger partial charge in [0.1, 0.15) is 6.04 Å². The molecule has 5 aliphatic rings. The highest BCUT2D eigenvalue weighted by molar-refractivity contribution is 5.92. The molecule has 0 unspecified atom stereocenters. The average Bonchev–Trinajstić information content (AvgIpc) is 3.09. The van der Waals surface area contributed by atoms with Crippen LogP contribution in [0.1, 0.15) is 56.9 Å². The molecular formula is C23H30N2O3. The van der Waals surface area contributed by atoms with E-state index in [1.165, 1.54) is 44.1 Å². The van der Waals surface area contributed by atoms with Crippen molar-refractivity contribution in [3.05, 3.63) is 29.8 Å². The Morgan fingerprint density at radius 3 is 2.21 bits per heavy atom. The lowest BCUT2D eigenvalue weighted by Crippen LogP contribution is -2.48. The van der Waals surface area contributed by atoms with Gasteiger partial charge in [0.05, 0.1) is 6.54 Å². The van der Waals surface area contributed by atoms with Crippen molar-refractivity contribution in [3.63, 3.8) is 0 Å². The number of nitrogens with zero attached hydrogens (tertiary/aromatic N) is 1. The van der Waals surface area contributed by atoms with Gasteiger partial charge in [0, 0.05) is 5.69 Å². The average molecular weight is 383 g/mol. The van der Waals surface area contributed by atoms with Crippen molar-refractivity contribution in [1.29, 1.82) is 0 Å². The minimum absolute atomic E-state index is 0.129. The molecule has 5 heteroatoms. The SMILES string of the molecule is O=C(CN1CCC[C@H]1C(=O)O)Nc1ccc(C23CC4CC(CC(C4)C2)C3)cc1. The van der Waals surface area contributed by atoms with Gasteiger partial charge in [-0.1, -0.05) is 12.1 Å². The second kappa shape index (κ2) is 6.87. The van der Waals surface area contributed by atoms with Crippen molar-refractivity contribution >= 4 is 17.6 Å². The molecule has 6 rings (SSSR count). The smallest absolute Gasteiger partial charge is 0.320 e. The van der Waals surface area contributed by atoms with Crippen LogP contribution in [0.5, 0.6) is 0 Å². The zero-order valence-electron chi connectivity index (χ0n) is 16.4. The van der Waals surface area contributed by atoms with Crippen molar-refractivity contribution in [2.75, 3.05) is 18.4 Å². The summed E-state index contributed by atoms with van der Waals surface area (Å²) < 4.78 is 0. The van der Waals surface area contributed by atoms with Gasteiger partial charge in [0.25, 0.3) is 0 Å². The summed E-state index contributed by atoms with van der Waals surface area (Å²) in [6, 6.07) is 7.98. The number of likely N-dealkylation sites (tertiary alicyclic amines) is 1. The number of hydrogen-bond acceptors (Lipinski definition) is 3. The molecule has 0 spiro atoms. The van der Waals surface area contributed by atoms with E-state index in [2.05, 4.69) is 17.4 Å². The number of carboxylic acids is 1. The van der Waals surface area contributed by atoms with Gasteiger partial charge in [-0.05, 0) is 98.8 Å². The minimum Gasteiger partial charge on any atom is -0.480 e. The molecule has 1 aromatic carbocycles. The monoisotopic (exact) mass is 382 g/mol. The predicted molar refractivity (Wildman–Crippen MR) is 107 cm³/mol. The van der Waals surface area contributed by atoms with Gasteiger partial charge in [-0.3, -0.25) is 14.5 Å². The number of rotatable bonds is 5. The number of carbonyl (C=O) groups is 2. The van der Waals surface area contributed by atoms with E-state index in [-0.39, 0.29) is 12.5 Å². The second-order valence-electron chi connectivity index (χ2n) is 9.79. The summed E-state index contributed by atoms with van der Waals surface area (Å²) in [4.78, 5) is 25.4. The number of nitrogens with one attached hydrogen (secondary N) is 1. The Bertz CT molecular complexity index is 737. The number of carboxylic acid groups (broad SMARTS) is 1. The Morgan fingerprint density at radius 2 is 1.64 bits per heavy atom. The Balaban J connectivity index is 1.23. The van der Waals surface area contributed by atoms with Crippen LogP contribution in [0.4, 0.5) is 5.69 Å². The summed E-state index contributed by atoms with van der Waals surface area (Å²) in [5.74, 6) is 1.82. The van der Waals surface area contributed by atoms with Crippen LogP contribution in [-0.2, 0) is 15.0 Å². The van der Waals surface area contributed by atoms with Crippen LogP contribution in [-0.4, -0.2) is 41.0 Å². The van der Waals surface area contributed by atoms with Crippen molar-refractivity contribution < 1.29 is 14.7 Å². The fourth-order valence-electron chi connectivity index (χ4n) is 7.05. The summed E-state index contributed by atoms with van der Waals surface area (Å²) in [6.45, 7) is 0.822. The Kier molecular flexibility index (Phi) is 4.46. The number of aliphatic carboxylic acids is 1. The van der Waals surface area contributed by atoms with Crippen LogP contribution >= 0.6 is 0 Å². The van der Waals surface area contributed by atoms with Gasteiger partial charge < -0.3 is 10.4 Å². The third kappa shape index (κ3) is 3.24. The largest absolute Gasteiger partial charge is 0.480 e. The van der Waals surface area contributed by atoms with E-state index in [4.69, 9.17) is 0 Å². The molecule has 0 radical (unpaired) electrons. The van der Waals surface area contributed by atoms with Gasteiger partial charge in [-0.2, -0.15) is 0 Å². The van der Waals surface area contributed by atoms with Crippen LogP contribution < -0.4 is 5.32 Å². The molecule has 1 amide bonds. The molecule has 4 bridgehead atoms. The summed E-state index contributed by atoms with van der Waals surface area (Å²) in [6.07, 6.45) is 9.83. The lowest BCUT2D eigenvalue weighted by Gasteiger charge is -2.57. The Morgan fingerprint density at radius 1 is 1.04 bits per heavy atom. The molecule has 4 aliphatic carbocycles. The van der Waals surface area contributed by atoms with E-state index in [0.29, 0.717) is 18.4 Å². The molecule has 150 valence electrons. The fraction of sp³-hybridized carbons (Fsp3) is 0.652. The maximum Gasteiger partial charge on any atom is 0.320 e. The predicted octanol–water partition coefficient (Wildman–Crippen LogP) is 3.64. The molecule has 2 N–H and O–H groups in total. The van der Waals surface area contributed by atoms with Crippen LogP contribution in [0.2, 0.25) is 0 Å².